The standard InChI is InChI=1S/C18H22FN3O3/c1-3-4-22-11-13(18(24)25)17(23)12-9-14(19)16(10-15(12)22)21-7-5-20(2)6-8-21/h9-11H,3-8H2,1-2H3,(H,24,25). The van der Waals surface area contributed by atoms with Crippen molar-refractivity contribution in [3.05, 3.63) is 39.9 Å². The van der Waals surface area contributed by atoms with Gasteiger partial charge in [0.2, 0.25) is 5.43 Å². The second-order valence-electron chi connectivity index (χ2n) is 6.48. The minimum absolute atomic E-state index is 0.115. The molecular formula is C18H22FN3O3. The molecule has 0 spiro atoms. The van der Waals surface area contributed by atoms with Crippen molar-refractivity contribution >= 4 is 22.6 Å². The Kier molecular flexibility index (Phi) is 4.76. The van der Waals surface area contributed by atoms with Gasteiger partial charge >= 0.3 is 5.97 Å². The van der Waals surface area contributed by atoms with E-state index in [0.717, 1.165) is 19.5 Å². The number of nitrogens with zero attached hydrogens (tertiary/aromatic N) is 3. The van der Waals surface area contributed by atoms with Crippen LogP contribution in [0.15, 0.2) is 23.1 Å². The average molecular weight is 347 g/mol. The first-order valence-corrected chi connectivity index (χ1v) is 8.46. The van der Waals surface area contributed by atoms with E-state index >= 15 is 0 Å². The molecule has 6 nitrogen and oxygen atoms in total. The molecule has 0 saturated carbocycles. The number of carbonyl (C=O) groups is 1. The number of hydrogen-bond donors (Lipinski definition) is 1. The van der Waals surface area contributed by atoms with Crippen molar-refractivity contribution in [2.45, 2.75) is 19.9 Å². The van der Waals surface area contributed by atoms with E-state index in [0.29, 0.717) is 30.8 Å². The van der Waals surface area contributed by atoms with Crippen LogP contribution in [-0.4, -0.2) is 53.8 Å². The van der Waals surface area contributed by atoms with Crippen molar-refractivity contribution in [2.75, 3.05) is 38.1 Å². The fourth-order valence-electron chi connectivity index (χ4n) is 3.27. The van der Waals surface area contributed by atoms with Crippen LogP contribution in [0.4, 0.5) is 10.1 Å². The normalized spacial score (nSPS) is 15.7. The fraction of sp³-hybridized carbons (Fsp3) is 0.444. The van der Waals surface area contributed by atoms with Gasteiger partial charge in [0.1, 0.15) is 11.4 Å². The van der Waals surface area contributed by atoms with E-state index in [-0.39, 0.29) is 10.9 Å². The highest BCUT2D eigenvalue weighted by Crippen LogP contribution is 2.26. The summed E-state index contributed by atoms with van der Waals surface area (Å²) in [6.45, 7) is 5.64. The molecule has 0 amide bonds. The van der Waals surface area contributed by atoms with Gasteiger partial charge in [-0.3, -0.25) is 4.79 Å². The minimum atomic E-state index is -1.29. The summed E-state index contributed by atoms with van der Waals surface area (Å²) in [4.78, 5) is 27.9. The predicted octanol–water partition coefficient (Wildman–Crippen LogP) is 2.00. The number of halogens is 1. The first-order valence-electron chi connectivity index (χ1n) is 8.46. The summed E-state index contributed by atoms with van der Waals surface area (Å²) in [5.41, 5.74) is 0.0754. The lowest BCUT2D eigenvalue weighted by molar-refractivity contribution is 0.0695. The summed E-state index contributed by atoms with van der Waals surface area (Å²) in [7, 11) is 2.03. The zero-order valence-corrected chi connectivity index (χ0v) is 14.5. The van der Waals surface area contributed by atoms with Crippen LogP contribution in [0.2, 0.25) is 0 Å². The highest BCUT2D eigenvalue weighted by Gasteiger charge is 2.21. The van der Waals surface area contributed by atoms with E-state index in [1.165, 1.54) is 12.3 Å². The number of hydrogen-bond acceptors (Lipinski definition) is 4. The van der Waals surface area contributed by atoms with Crippen LogP contribution < -0.4 is 10.3 Å². The Bertz CT molecular complexity index is 870. The fourth-order valence-corrected chi connectivity index (χ4v) is 3.27. The third kappa shape index (κ3) is 3.24. The van der Waals surface area contributed by atoms with Gasteiger partial charge in [0.25, 0.3) is 0 Å². The van der Waals surface area contributed by atoms with Crippen LogP contribution in [0.1, 0.15) is 23.7 Å². The number of aryl methyl sites for hydroxylation is 1. The molecule has 0 unspecified atom stereocenters. The summed E-state index contributed by atoms with van der Waals surface area (Å²) in [5, 5.41) is 9.36. The molecule has 1 fully saturated rings. The summed E-state index contributed by atoms with van der Waals surface area (Å²) in [6, 6.07) is 2.86. The molecular weight excluding hydrogens is 325 g/mol. The smallest absolute Gasteiger partial charge is 0.341 e. The van der Waals surface area contributed by atoms with Gasteiger partial charge in [-0.15, -0.1) is 0 Å². The van der Waals surface area contributed by atoms with Gasteiger partial charge in [0.05, 0.1) is 11.2 Å². The third-order valence-electron chi connectivity index (χ3n) is 4.69. The molecule has 0 atom stereocenters. The van der Waals surface area contributed by atoms with Crippen molar-refractivity contribution in [1.29, 1.82) is 0 Å². The van der Waals surface area contributed by atoms with Gasteiger partial charge in [-0.25, -0.2) is 9.18 Å². The Morgan fingerprint density at radius 3 is 2.52 bits per heavy atom. The van der Waals surface area contributed by atoms with E-state index in [2.05, 4.69) is 4.90 Å². The van der Waals surface area contributed by atoms with Gasteiger partial charge in [-0.2, -0.15) is 0 Å². The Morgan fingerprint density at radius 2 is 1.92 bits per heavy atom. The molecule has 0 radical (unpaired) electrons. The first kappa shape index (κ1) is 17.4. The number of pyridine rings is 1. The van der Waals surface area contributed by atoms with Gasteiger partial charge in [0.15, 0.2) is 0 Å². The maximum Gasteiger partial charge on any atom is 0.341 e. The highest BCUT2D eigenvalue weighted by molar-refractivity contribution is 5.93. The molecule has 0 aliphatic carbocycles. The van der Waals surface area contributed by atoms with Crippen LogP contribution >= 0.6 is 0 Å². The molecule has 2 heterocycles. The first-order chi connectivity index (χ1) is 11.9. The minimum Gasteiger partial charge on any atom is -0.477 e. The van der Waals surface area contributed by atoms with E-state index in [4.69, 9.17) is 0 Å². The number of fused-ring (bicyclic) bond motifs is 1. The number of rotatable bonds is 4. The van der Waals surface area contributed by atoms with Crippen LogP contribution in [-0.2, 0) is 6.54 Å². The van der Waals surface area contributed by atoms with Gasteiger partial charge in [0, 0.05) is 44.3 Å². The van der Waals surface area contributed by atoms with E-state index in [1.54, 1.807) is 10.6 Å². The number of carboxylic acid groups (broad SMARTS) is 1. The highest BCUT2D eigenvalue weighted by atomic mass is 19.1. The molecule has 1 saturated heterocycles. The molecule has 0 bridgehead atoms. The lowest BCUT2D eigenvalue weighted by Crippen LogP contribution is -2.44. The van der Waals surface area contributed by atoms with E-state index < -0.39 is 17.2 Å². The molecule has 1 aromatic carbocycles. The zero-order chi connectivity index (χ0) is 18.1. The Balaban J connectivity index is 2.18. The van der Waals surface area contributed by atoms with Crippen molar-refractivity contribution in [2.24, 2.45) is 0 Å². The van der Waals surface area contributed by atoms with Crippen LogP contribution in [0, 0.1) is 5.82 Å². The average Bonchev–Trinajstić information content (AvgIpc) is 2.58. The number of anilines is 1. The molecule has 1 aliphatic heterocycles. The lowest BCUT2D eigenvalue weighted by Gasteiger charge is -2.34. The molecule has 134 valence electrons. The molecule has 3 rings (SSSR count). The van der Waals surface area contributed by atoms with Gasteiger partial charge < -0.3 is 19.5 Å². The summed E-state index contributed by atoms with van der Waals surface area (Å²) >= 11 is 0. The zero-order valence-electron chi connectivity index (χ0n) is 14.5. The largest absolute Gasteiger partial charge is 0.477 e. The third-order valence-corrected chi connectivity index (χ3v) is 4.69. The molecule has 1 N–H and O–H groups in total. The molecule has 25 heavy (non-hydrogen) atoms. The van der Waals surface area contributed by atoms with Crippen molar-refractivity contribution in [1.82, 2.24) is 9.47 Å². The van der Waals surface area contributed by atoms with E-state index in [9.17, 15) is 19.1 Å². The quantitative estimate of drug-likeness (QED) is 0.916. The molecule has 2 aromatic rings. The van der Waals surface area contributed by atoms with Crippen LogP contribution in [0.3, 0.4) is 0 Å². The second-order valence-corrected chi connectivity index (χ2v) is 6.48. The number of benzene rings is 1. The summed E-state index contributed by atoms with van der Waals surface area (Å²) in [5.74, 6) is -1.78. The molecule has 1 aromatic heterocycles. The Hall–Kier alpha value is -2.41. The number of aromatic carboxylic acids is 1. The van der Waals surface area contributed by atoms with Crippen molar-refractivity contribution in [3.63, 3.8) is 0 Å². The van der Waals surface area contributed by atoms with E-state index in [1.807, 2.05) is 18.9 Å². The Morgan fingerprint density at radius 1 is 1.24 bits per heavy atom. The molecule has 1 aliphatic rings. The number of likely N-dealkylation sites (N-methyl/N-ethyl adjacent to an activating group) is 1. The van der Waals surface area contributed by atoms with Crippen molar-refractivity contribution in [3.8, 4) is 0 Å². The second kappa shape index (κ2) is 6.84. The topological polar surface area (TPSA) is 65.8 Å². The number of carboxylic acids is 1. The van der Waals surface area contributed by atoms with Gasteiger partial charge in [-0.05, 0) is 25.6 Å². The number of aromatic nitrogens is 1. The lowest BCUT2D eigenvalue weighted by atomic mass is 10.1. The summed E-state index contributed by atoms with van der Waals surface area (Å²) in [6.07, 6.45) is 2.14. The molecule has 7 heteroatoms. The Labute approximate surface area is 145 Å². The van der Waals surface area contributed by atoms with Crippen molar-refractivity contribution < 1.29 is 14.3 Å². The van der Waals surface area contributed by atoms with Crippen LogP contribution in [0.5, 0.6) is 0 Å². The monoisotopic (exact) mass is 347 g/mol. The maximum absolute atomic E-state index is 14.7. The predicted molar refractivity (Wildman–Crippen MR) is 95.1 cm³/mol. The number of piperazine rings is 1. The SMILES string of the molecule is CCCn1cc(C(=O)O)c(=O)c2cc(F)c(N3CCN(C)CC3)cc21. The summed E-state index contributed by atoms with van der Waals surface area (Å²) < 4.78 is 16.4. The maximum atomic E-state index is 14.7. The van der Waals surface area contributed by atoms with Crippen LogP contribution in [0.25, 0.3) is 10.9 Å². The van der Waals surface area contributed by atoms with Gasteiger partial charge in [-0.1, -0.05) is 6.92 Å².